The molecule has 0 N–H and O–H groups in total. The summed E-state index contributed by atoms with van der Waals surface area (Å²) in [5, 5.41) is 0. The Bertz CT molecular complexity index is 289. The van der Waals surface area contributed by atoms with Crippen molar-refractivity contribution >= 4 is 0 Å². The number of benzene rings is 1. The van der Waals surface area contributed by atoms with Crippen molar-refractivity contribution in [1.82, 2.24) is 0 Å². The summed E-state index contributed by atoms with van der Waals surface area (Å²) in [5.74, 6) is 0. The molecule has 1 aromatic rings. The third-order valence-corrected chi connectivity index (χ3v) is 2.00. The molecular formula is C10H9F. The molecule has 1 aromatic carbocycles. The summed E-state index contributed by atoms with van der Waals surface area (Å²) in [7, 11) is 0. The average Bonchev–Trinajstić information content (AvgIpc) is 2.06. The van der Waals surface area contributed by atoms with Crippen molar-refractivity contribution in [2.75, 3.05) is 0 Å². The van der Waals surface area contributed by atoms with Gasteiger partial charge >= 0.3 is 0 Å². The minimum atomic E-state index is -0.889. The van der Waals surface area contributed by atoms with Crippen LogP contribution in [0.2, 0.25) is 0 Å². The third-order valence-electron chi connectivity index (χ3n) is 2.00. The molecule has 0 bridgehead atoms. The van der Waals surface area contributed by atoms with Gasteiger partial charge in [-0.15, -0.1) is 0 Å². The summed E-state index contributed by atoms with van der Waals surface area (Å²) in [6, 6.07) is 7.66. The van der Waals surface area contributed by atoms with E-state index < -0.39 is 6.17 Å². The minimum absolute atomic E-state index is 0.829. The van der Waals surface area contributed by atoms with Gasteiger partial charge in [0.1, 0.15) is 6.17 Å². The average molecular weight is 148 g/mol. The molecule has 2 rings (SSSR count). The van der Waals surface area contributed by atoms with Gasteiger partial charge in [0, 0.05) is 0 Å². The summed E-state index contributed by atoms with van der Waals surface area (Å²) in [4.78, 5) is 0. The van der Waals surface area contributed by atoms with Crippen molar-refractivity contribution in [2.24, 2.45) is 0 Å². The van der Waals surface area contributed by atoms with Crippen LogP contribution in [0.1, 0.15) is 17.3 Å². The summed E-state index contributed by atoms with van der Waals surface area (Å²) >= 11 is 0. The van der Waals surface area contributed by atoms with Gasteiger partial charge in [0.15, 0.2) is 0 Å². The van der Waals surface area contributed by atoms with Crippen molar-refractivity contribution in [1.29, 1.82) is 0 Å². The summed E-state index contributed by atoms with van der Waals surface area (Å²) in [6.07, 6.45) is 3.48. The molecule has 1 aliphatic rings. The molecule has 11 heavy (non-hydrogen) atoms. The van der Waals surface area contributed by atoms with E-state index in [-0.39, 0.29) is 0 Å². The van der Waals surface area contributed by atoms with Crippen LogP contribution in [0.15, 0.2) is 36.4 Å². The van der Waals surface area contributed by atoms with E-state index in [0.717, 1.165) is 17.5 Å². The van der Waals surface area contributed by atoms with E-state index in [2.05, 4.69) is 0 Å². The second-order valence-corrected chi connectivity index (χ2v) is 2.73. The van der Waals surface area contributed by atoms with Crippen LogP contribution in [0, 0.1) is 0 Å². The highest BCUT2D eigenvalue weighted by atomic mass is 19.1. The van der Waals surface area contributed by atoms with Crippen molar-refractivity contribution in [3.8, 4) is 0 Å². The first kappa shape index (κ1) is 6.59. The van der Waals surface area contributed by atoms with Gasteiger partial charge < -0.3 is 0 Å². The number of hydrogen-bond acceptors (Lipinski definition) is 0. The fourth-order valence-corrected chi connectivity index (χ4v) is 1.41. The number of hydrogen-bond donors (Lipinski definition) is 0. The fraction of sp³-hybridized carbons (Fsp3) is 0.200. The lowest BCUT2D eigenvalue weighted by Gasteiger charge is -2.13. The van der Waals surface area contributed by atoms with E-state index in [1.165, 1.54) is 0 Å². The summed E-state index contributed by atoms with van der Waals surface area (Å²) in [5.41, 5.74) is 1.94. The Morgan fingerprint density at radius 3 is 2.91 bits per heavy atom. The maximum atomic E-state index is 13.1. The molecule has 0 spiro atoms. The zero-order chi connectivity index (χ0) is 7.68. The van der Waals surface area contributed by atoms with E-state index in [4.69, 9.17) is 0 Å². The summed E-state index contributed by atoms with van der Waals surface area (Å²) < 4.78 is 13.1. The molecule has 56 valence electrons. The van der Waals surface area contributed by atoms with Crippen LogP contribution in [0.3, 0.4) is 0 Å². The van der Waals surface area contributed by atoms with Gasteiger partial charge in [-0.25, -0.2) is 4.39 Å². The van der Waals surface area contributed by atoms with Crippen molar-refractivity contribution < 1.29 is 4.39 Å². The molecule has 0 fully saturated rings. The van der Waals surface area contributed by atoms with Crippen LogP contribution in [-0.2, 0) is 6.42 Å². The Hall–Kier alpha value is -1.11. The quantitative estimate of drug-likeness (QED) is 0.496. The van der Waals surface area contributed by atoms with Crippen LogP contribution < -0.4 is 0 Å². The van der Waals surface area contributed by atoms with Gasteiger partial charge in [-0.3, -0.25) is 0 Å². The maximum Gasteiger partial charge on any atom is 0.144 e. The first-order valence-electron chi connectivity index (χ1n) is 3.76. The Labute approximate surface area is 65.4 Å². The van der Waals surface area contributed by atoms with Crippen molar-refractivity contribution in [3.63, 3.8) is 0 Å². The molecule has 0 nitrogen and oxygen atoms in total. The second-order valence-electron chi connectivity index (χ2n) is 2.73. The highest BCUT2D eigenvalue weighted by Gasteiger charge is 2.12. The minimum Gasteiger partial charge on any atom is -0.238 e. The van der Waals surface area contributed by atoms with Gasteiger partial charge in [0.2, 0.25) is 0 Å². The second kappa shape index (κ2) is 2.50. The number of fused-ring (bicyclic) bond motifs is 1. The number of rotatable bonds is 0. The first-order chi connectivity index (χ1) is 5.38. The SMILES string of the molecule is FC1C=CCc2ccccc21. The lowest BCUT2D eigenvalue weighted by molar-refractivity contribution is 0.408. The van der Waals surface area contributed by atoms with Crippen LogP contribution in [0.25, 0.3) is 0 Å². The molecule has 0 saturated carbocycles. The third kappa shape index (κ3) is 1.07. The fourth-order valence-electron chi connectivity index (χ4n) is 1.41. The van der Waals surface area contributed by atoms with Crippen LogP contribution in [0.4, 0.5) is 4.39 Å². The van der Waals surface area contributed by atoms with Gasteiger partial charge in [0.25, 0.3) is 0 Å². The predicted molar refractivity (Wildman–Crippen MR) is 43.1 cm³/mol. The normalized spacial score (nSPS) is 21.4. The lowest BCUT2D eigenvalue weighted by atomic mass is 9.96. The molecule has 0 radical (unpaired) electrons. The molecule has 1 atom stereocenters. The van der Waals surface area contributed by atoms with Crippen LogP contribution in [0.5, 0.6) is 0 Å². The zero-order valence-corrected chi connectivity index (χ0v) is 6.13. The molecule has 0 saturated heterocycles. The van der Waals surface area contributed by atoms with E-state index in [1.807, 2.05) is 30.3 Å². The Morgan fingerprint density at radius 1 is 1.27 bits per heavy atom. The molecular weight excluding hydrogens is 139 g/mol. The zero-order valence-electron chi connectivity index (χ0n) is 6.13. The van der Waals surface area contributed by atoms with E-state index >= 15 is 0 Å². The monoisotopic (exact) mass is 148 g/mol. The van der Waals surface area contributed by atoms with Gasteiger partial charge in [-0.2, -0.15) is 0 Å². The molecule has 1 aliphatic carbocycles. The molecule has 0 aromatic heterocycles. The lowest BCUT2D eigenvalue weighted by Crippen LogP contribution is -1.99. The topological polar surface area (TPSA) is 0 Å². The standard InChI is InChI=1S/C10H9F/c11-10-7-3-5-8-4-1-2-6-9(8)10/h1-4,6-7,10H,5H2. The first-order valence-corrected chi connectivity index (χ1v) is 3.76. The Kier molecular flexibility index (Phi) is 1.50. The van der Waals surface area contributed by atoms with Crippen LogP contribution >= 0.6 is 0 Å². The maximum absolute atomic E-state index is 13.1. The Morgan fingerprint density at radius 2 is 2.09 bits per heavy atom. The number of halogens is 1. The largest absolute Gasteiger partial charge is 0.238 e. The van der Waals surface area contributed by atoms with Crippen molar-refractivity contribution in [3.05, 3.63) is 47.5 Å². The highest BCUT2D eigenvalue weighted by molar-refractivity contribution is 5.35. The van der Waals surface area contributed by atoms with E-state index in [0.29, 0.717) is 0 Å². The van der Waals surface area contributed by atoms with Crippen molar-refractivity contribution in [2.45, 2.75) is 12.6 Å². The number of allylic oxidation sites excluding steroid dienone is 2. The van der Waals surface area contributed by atoms with Gasteiger partial charge in [0.05, 0.1) is 0 Å². The molecule has 1 heteroatoms. The summed E-state index contributed by atoms with van der Waals surface area (Å²) in [6.45, 7) is 0. The van der Waals surface area contributed by atoms with Gasteiger partial charge in [-0.05, 0) is 23.6 Å². The van der Waals surface area contributed by atoms with Gasteiger partial charge in [-0.1, -0.05) is 30.3 Å². The molecule has 0 aliphatic heterocycles. The van der Waals surface area contributed by atoms with E-state index in [9.17, 15) is 4.39 Å². The van der Waals surface area contributed by atoms with Crippen LogP contribution in [-0.4, -0.2) is 0 Å². The van der Waals surface area contributed by atoms with E-state index in [1.54, 1.807) is 6.08 Å². The highest BCUT2D eigenvalue weighted by Crippen LogP contribution is 2.26. The number of alkyl halides is 1. The Balaban J connectivity index is 2.50. The smallest absolute Gasteiger partial charge is 0.144 e. The molecule has 1 unspecified atom stereocenters. The predicted octanol–water partition coefficient (Wildman–Crippen LogP) is 2.81. The molecule has 0 heterocycles. The molecule has 0 amide bonds.